The van der Waals surface area contributed by atoms with E-state index in [1.165, 1.54) is 15.8 Å². The van der Waals surface area contributed by atoms with Gasteiger partial charge in [0.1, 0.15) is 11.2 Å². The number of furan rings is 1. The molecule has 0 bridgehead atoms. The number of fused-ring (bicyclic) bond motifs is 6. The van der Waals surface area contributed by atoms with Crippen molar-refractivity contribution < 1.29 is 4.42 Å². The maximum Gasteiger partial charge on any atom is 0.164 e. The lowest BCUT2D eigenvalue weighted by Crippen LogP contribution is -2.00. The molecule has 56 heavy (non-hydrogen) atoms. The monoisotopic (exact) mass is 735 g/mol. The average Bonchev–Trinajstić information content (AvgIpc) is 3.84. The smallest absolute Gasteiger partial charge is 0.164 e. The highest BCUT2D eigenvalue weighted by atomic mass is 32.1. The predicted molar refractivity (Wildman–Crippen MR) is 228 cm³/mol. The van der Waals surface area contributed by atoms with Crippen LogP contribution in [0.4, 0.5) is 0 Å². The highest BCUT2D eigenvalue weighted by Crippen LogP contribution is 2.41. The Kier molecular flexibility index (Phi) is 7.57. The molecule has 6 nitrogen and oxygen atoms in total. The van der Waals surface area contributed by atoms with Crippen molar-refractivity contribution in [3.63, 3.8) is 0 Å². The third-order valence-corrected chi connectivity index (χ3v) is 11.3. The molecule has 0 fully saturated rings. The third kappa shape index (κ3) is 5.61. The molecule has 0 spiro atoms. The summed E-state index contributed by atoms with van der Waals surface area (Å²) < 4.78 is 8.75. The van der Waals surface area contributed by atoms with Crippen LogP contribution in [0.15, 0.2) is 180 Å². The van der Waals surface area contributed by atoms with Crippen LogP contribution in [0, 0.1) is 0 Å². The molecule has 11 rings (SSSR count). The van der Waals surface area contributed by atoms with E-state index in [1.54, 1.807) is 11.3 Å². The molecule has 0 N–H and O–H groups in total. The van der Waals surface area contributed by atoms with Crippen molar-refractivity contribution in [2.75, 3.05) is 0 Å². The first-order valence-corrected chi connectivity index (χ1v) is 19.2. The van der Waals surface area contributed by atoms with Crippen LogP contribution in [0.25, 0.3) is 110 Å². The number of thiophene rings is 1. The molecular weight excluding hydrogens is 707 g/mol. The van der Waals surface area contributed by atoms with Gasteiger partial charge in [-0.05, 0) is 47.5 Å². The Balaban J connectivity index is 1.02. The molecule has 0 saturated heterocycles. The van der Waals surface area contributed by atoms with E-state index in [0.29, 0.717) is 23.3 Å². The minimum atomic E-state index is 0.578. The van der Waals surface area contributed by atoms with Gasteiger partial charge in [0.25, 0.3) is 0 Å². The van der Waals surface area contributed by atoms with Crippen molar-refractivity contribution >= 4 is 53.6 Å². The average molecular weight is 736 g/mol. The van der Waals surface area contributed by atoms with Crippen LogP contribution < -0.4 is 0 Å². The van der Waals surface area contributed by atoms with Gasteiger partial charge in [-0.25, -0.2) is 24.9 Å². The van der Waals surface area contributed by atoms with Crippen molar-refractivity contribution in [1.82, 2.24) is 24.9 Å². The zero-order valence-electron chi connectivity index (χ0n) is 29.8. The van der Waals surface area contributed by atoms with Crippen molar-refractivity contribution in [3.8, 4) is 67.9 Å². The molecule has 4 aromatic heterocycles. The summed E-state index contributed by atoms with van der Waals surface area (Å²) in [4.78, 5) is 25.2. The molecule has 0 unspecified atom stereocenters. The Bertz CT molecular complexity index is 3180. The predicted octanol–water partition coefficient (Wildman–Crippen LogP) is 12.9. The molecule has 7 aromatic carbocycles. The molecule has 0 saturated carbocycles. The van der Waals surface area contributed by atoms with Crippen molar-refractivity contribution in [2.45, 2.75) is 0 Å². The summed E-state index contributed by atoms with van der Waals surface area (Å²) in [5.74, 6) is 2.48. The van der Waals surface area contributed by atoms with Gasteiger partial charge in [-0.2, -0.15) is 0 Å². The molecule has 0 radical (unpaired) electrons. The SMILES string of the molecule is c1ccc(-c2ccc(-c3nc(-c4ccc5oc6cc(-c7nc(-c8ccccc8)nc(-c8ccccc8)n7)ccc6c5c4)nc4c3sc3ccccc34)cc2)cc1. The molecular formula is C49H29N5OS. The Morgan fingerprint density at radius 2 is 0.857 bits per heavy atom. The summed E-state index contributed by atoms with van der Waals surface area (Å²) >= 11 is 1.74. The second kappa shape index (κ2) is 13.2. The van der Waals surface area contributed by atoms with E-state index in [4.69, 9.17) is 29.3 Å². The molecule has 0 aliphatic rings. The first kappa shape index (κ1) is 32.1. The number of aromatic nitrogens is 5. The number of hydrogen-bond acceptors (Lipinski definition) is 7. The summed E-state index contributed by atoms with van der Waals surface area (Å²) in [5, 5.41) is 3.11. The van der Waals surface area contributed by atoms with Gasteiger partial charge in [-0.1, -0.05) is 140 Å². The molecule has 0 aliphatic carbocycles. The first-order valence-electron chi connectivity index (χ1n) is 18.4. The number of benzene rings is 7. The normalized spacial score (nSPS) is 11.6. The topological polar surface area (TPSA) is 77.6 Å². The Hall–Kier alpha value is -7.35. The highest BCUT2D eigenvalue weighted by Gasteiger charge is 2.19. The van der Waals surface area contributed by atoms with E-state index in [-0.39, 0.29) is 0 Å². The Labute approximate surface area is 325 Å². The summed E-state index contributed by atoms with van der Waals surface area (Å²) in [6.07, 6.45) is 0. The van der Waals surface area contributed by atoms with E-state index >= 15 is 0 Å². The van der Waals surface area contributed by atoms with Crippen LogP contribution in [-0.4, -0.2) is 24.9 Å². The van der Waals surface area contributed by atoms with Gasteiger partial charge < -0.3 is 4.42 Å². The minimum Gasteiger partial charge on any atom is -0.456 e. The van der Waals surface area contributed by atoms with Crippen LogP contribution >= 0.6 is 11.3 Å². The van der Waals surface area contributed by atoms with Crippen LogP contribution in [0.1, 0.15) is 0 Å². The second-order valence-electron chi connectivity index (χ2n) is 13.7. The molecule has 7 heteroatoms. The maximum absolute atomic E-state index is 6.48. The van der Waals surface area contributed by atoms with E-state index in [1.807, 2.05) is 84.9 Å². The van der Waals surface area contributed by atoms with Gasteiger partial charge in [0.2, 0.25) is 0 Å². The number of rotatable bonds is 6. The number of nitrogens with zero attached hydrogens (tertiary/aromatic N) is 5. The molecule has 0 aliphatic heterocycles. The van der Waals surface area contributed by atoms with E-state index < -0.39 is 0 Å². The Morgan fingerprint density at radius 1 is 0.339 bits per heavy atom. The van der Waals surface area contributed by atoms with Gasteiger partial charge in [-0.3, -0.25) is 0 Å². The van der Waals surface area contributed by atoms with Crippen molar-refractivity contribution in [2.24, 2.45) is 0 Å². The van der Waals surface area contributed by atoms with Crippen LogP contribution in [0.2, 0.25) is 0 Å². The molecule has 0 atom stereocenters. The zero-order chi connectivity index (χ0) is 37.0. The summed E-state index contributed by atoms with van der Waals surface area (Å²) in [5.41, 5.74) is 10.4. The van der Waals surface area contributed by atoms with Crippen LogP contribution in [0.3, 0.4) is 0 Å². The highest BCUT2D eigenvalue weighted by molar-refractivity contribution is 7.26. The second-order valence-corrected chi connectivity index (χ2v) is 14.7. The van der Waals surface area contributed by atoms with Gasteiger partial charge in [-0.15, -0.1) is 11.3 Å². The Morgan fingerprint density at radius 3 is 1.55 bits per heavy atom. The van der Waals surface area contributed by atoms with Gasteiger partial charge in [0.15, 0.2) is 23.3 Å². The van der Waals surface area contributed by atoms with Crippen LogP contribution in [-0.2, 0) is 0 Å². The zero-order valence-corrected chi connectivity index (χ0v) is 30.6. The van der Waals surface area contributed by atoms with E-state index in [9.17, 15) is 0 Å². The summed E-state index contributed by atoms with van der Waals surface area (Å²) in [7, 11) is 0. The largest absolute Gasteiger partial charge is 0.456 e. The standard InChI is InChI=1S/C49H29N5OS/c1-4-12-30(13-5-1)31-20-22-32(23-21-31)43-45-44(38-18-10-11-19-42(38)56-45)51-48(50-43)35-25-27-40-39(28-35)37-26-24-36(29-41(37)55-40)49-53-46(33-14-6-2-7-15-33)52-47(54-49)34-16-8-3-9-17-34/h1-29H. The third-order valence-electron chi connectivity index (χ3n) is 10.2. The van der Waals surface area contributed by atoms with Crippen molar-refractivity contribution in [1.29, 1.82) is 0 Å². The minimum absolute atomic E-state index is 0.578. The first-order chi connectivity index (χ1) is 27.7. The lowest BCUT2D eigenvalue weighted by atomic mass is 10.0. The molecule has 4 heterocycles. The maximum atomic E-state index is 6.48. The fourth-order valence-corrected chi connectivity index (χ4v) is 8.51. The fraction of sp³-hybridized carbons (Fsp3) is 0. The molecule has 262 valence electrons. The summed E-state index contributed by atoms with van der Waals surface area (Å²) in [6.45, 7) is 0. The van der Waals surface area contributed by atoms with Gasteiger partial charge in [0.05, 0.1) is 15.9 Å². The van der Waals surface area contributed by atoms with Gasteiger partial charge >= 0.3 is 0 Å². The molecule has 11 aromatic rings. The van der Waals surface area contributed by atoms with E-state index in [0.717, 1.165) is 71.1 Å². The lowest BCUT2D eigenvalue weighted by Gasteiger charge is -2.09. The summed E-state index contributed by atoms with van der Waals surface area (Å²) in [6, 6.07) is 60.0. The van der Waals surface area contributed by atoms with Gasteiger partial charge in [0, 0.05) is 48.7 Å². The van der Waals surface area contributed by atoms with Crippen molar-refractivity contribution in [3.05, 3.63) is 176 Å². The number of hydrogen-bond donors (Lipinski definition) is 0. The van der Waals surface area contributed by atoms with Crippen LogP contribution in [0.5, 0.6) is 0 Å². The fourth-order valence-electron chi connectivity index (χ4n) is 7.36. The lowest BCUT2D eigenvalue weighted by molar-refractivity contribution is 0.669. The molecule has 0 amide bonds. The quantitative estimate of drug-likeness (QED) is 0.169. The van der Waals surface area contributed by atoms with E-state index in [2.05, 4.69) is 91.0 Å².